The van der Waals surface area contributed by atoms with E-state index in [1.807, 2.05) is 53.8 Å². The van der Waals surface area contributed by atoms with Crippen molar-refractivity contribution >= 4 is 11.9 Å². The summed E-state index contributed by atoms with van der Waals surface area (Å²) in [5.74, 6) is -0.340. The van der Waals surface area contributed by atoms with Gasteiger partial charge in [-0.25, -0.2) is 0 Å². The molecule has 7 atom stereocenters. The number of hydrogen-bond acceptors (Lipinski definition) is 7. The van der Waals surface area contributed by atoms with Crippen LogP contribution in [0.5, 0.6) is 0 Å². The lowest BCUT2D eigenvalue weighted by Crippen LogP contribution is -2.42. The summed E-state index contributed by atoms with van der Waals surface area (Å²) in [7, 11) is 3.27. The van der Waals surface area contributed by atoms with Gasteiger partial charge >= 0.3 is 5.97 Å². The van der Waals surface area contributed by atoms with Gasteiger partial charge in [0.15, 0.2) is 0 Å². The lowest BCUT2D eigenvalue weighted by molar-refractivity contribution is -0.159. The van der Waals surface area contributed by atoms with Crippen LogP contribution in [0.2, 0.25) is 0 Å². The number of hydrogen-bond donors (Lipinski definition) is 2. The van der Waals surface area contributed by atoms with E-state index in [1.165, 1.54) is 0 Å². The Hall–Kier alpha value is -1.48. The number of aliphatic hydroxyl groups excluding tert-OH is 1. The molecule has 1 aliphatic heterocycles. The first-order chi connectivity index (χ1) is 16.4. The van der Waals surface area contributed by atoms with Gasteiger partial charge in [-0.05, 0) is 25.2 Å². The third kappa shape index (κ3) is 10.2. The minimum atomic E-state index is -0.493. The second-order valence-electron chi connectivity index (χ2n) is 10.6. The molecule has 1 saturated heterocycles. The fourth-order valence-corrected chi connectivity index (χ4v) is 4.51. The quantitative estimate of drug-likeness (QED) is 0.313. The Kier molecular flexibility index (Phi) is 14.1. The number of methoxy groups -OCH3 is 2. The zero-order chi connectivity index (χ0) is 26.7. The minimum Gasteiger partial charge on any atom is -0.462 e. The number of likely N-dealkylation sites (tertiary alicyclic amines) is 1. The molecule has 8 heteroatoms. The van der Waals surface area contributed by atoms with Gasteiger partial charge in [-0.15, -0.1) is 0 Å². The van der Waals surface area contributed by atoms with Crippen LogP contribution in [0.4, 0.5) is 0 Å². The number of esters is 1. The molecule has 0 bridgehead atoms. The average molecular weight is 499 g/mol. The molecule has 8 nitrogen and oxygen atoms in total. The van der Waals surface area contributed by atoms with Crippen LogP contribution < -0.4 is 5.73 Å². The van der Waals surface area contributed by atoms with Crippen molar-refractivity contribution in [1.82, 2.24) is 4.90 Å². The van der Waals surface area contributed by atoms with Crippen molar-refractivity contribution in [3.8, 4) is 0 Å². The molecule has 0 aliphatic carbocycles. The lowest BCUT2D eigenvalue weighted by atomic mass is 9.85. The Morgan fingerprint density at radius 2 is 1.74 bits per heavy atom. The second kappa shape index (κ2) is 15.6. The molecular formula is C27H50N2O6. The van der Waals surface area contributed by atoms with E-state index < -0.39 is 12.2 Å². The van der Waals surface area contributed by atoms with E-state index in [9.17, 15) is 14.7 Å². The highest BCUT2D eigenvalue weighted by Crippen LogP contribution is 2.27. The Bertz CT molecular complexity index is 668. The van der Waals surface area contributed by atoms with Crippen LogP contribution in [0.25, 0.3) is 0 Å². The number of nitrogens with zero attached hydrogens (tertiary/aromatic N) is 1. The fourth-order valence-electron chi connectivity index (χ4n) is 4.51. The molecule has 204 valence electrons. The normalized spacial score (nSPS) is 20.8. The molecule has 0 aromatic heterocycles. The molecule has 1 fully saturated rings. The van der Waals surface area contributed by atoms with E-state index >= 15 is 0 Å². The van der Waals surface area contributed by atoms with Gasteiger partial charge in [-0.2, -0.15) is 0 Å². The summed E-state index contributed by atoms with van der Waals surface area (Å²) in [5.41, 5.74) is 6.46. The smallest absolute Gasteiger partial charge is 0.308 e. The van der Waals surface area contributed by atoms with Crippen LogP contribution in [0.15, 0.2) is 12.3 Å². The van der Waals surface area contributed by atoms with Crippen molar-refractivity contribution in [2.45, 2.75) is 104 Å². The first kappa shape index (κ1) is 31.5. The van der Waals surface area contributed by atoms with Crippen LogP contribution in [-0.4, -0.2) is 73.1 Å². The maximum Gasteiger partial charge on any atom is 0.308 e. The third-order valence-electron chi connectivity index (χ3n) is 7.12. The van der Waals surface area contributed by atoms with Crippen LogP contribution in [0, 0.1) is 23.7 Å². The standard InChI is InChI=1S/C27H50N2O6/c1-17(2)22(30)16-24(33-7)21(28)11-12-23(35-27(32)18(3)4)20(6)26(34-8)19(5)13-15-29-14-9-10-25(29)31/h13,15,17-24,26,30H,9-12,14,16,28H2,1-8H3/b15-13+/t19-,20+,21+,22+,23-,24+,26-/m1/s1. The minimum absolute atomic E-state index is 0.00485. The lowest BCUT2D eigenvalue weighted by Gasteiger charge is -2.34. The van der Waals surface area contributed by atoms with Gasteiger partial charge in [0.2, 0.25) is 5.91 Å². The molecule has 0 aromatic carbocycles. The summed E-state index contributed by atoms with van der Waals surface area (Å²) < 4.78 is 17.4. The van der Waals surface area contributed by atoms with Crippen LogP contribution in [0.1, 0.15) is 73.6 Å². The number of carbonyl (C=O) groups is 2. The van der Waals surface area contributed by atoms with Crippen molar-refractivity contribution in [2.75, 3.05) is 20.8 Å². The number of carbonyl (C=O) groups excluding carboxylic acids is 2. The molecule has 0 spiro atoms. The zero-order valence-corrected chi connectivity index (χ0v) is 23.1. The Morgan fingerprint density at radius 3 is 2.23 bits per heavy atom. The summed E-state index contributed by atoms with van der Waals surface area (Å²) in [6, 6.07) is -0.305. The maximum absolute atomic E-state index is 12.5. The van der Waals surface area contributed by atoms with E-state index in [0.29, 0.717) is 25.7 Å². The highest BCUT2D eigenvalue weighted by Gasteiger charge is 2.33. The molecule has 0 aromatic rings. The van der Waals surface area contributed by atoms with E-state index in [-0.39, 0.29) is 53.8 Å². The largest absolute Gasteiger partial charge is 0.462 e. The van der Waals surface area contributed by atoms with E-state index in [0.717, 1.165) is 13.0 Å². The van der Waals surface area contributed by atoms with Crippen molar-refractivity contribution in [3.05, 3.63) is 12.3 Å². The average Bonchev–Trinajstić information content (AvgIpc) is 3.22. The number of amides is 1. The number of nitrogens with two attached hydrogens (primary N) is 1. The Morgan fingerprint density at radius 1 is 1.09 bits per heavy atom. The molecular weight excluding hydrogens is 448 g/mol. The van der Waals surface area contributed by atoms with Crippen LogP contribution in [0.3, 0.4) is 0 Å². The van der Waals surface area contributed by atoms with E-state index in [4.69, 9.17) is 19.9 Å². The third-order valence-corrected chi connectivity index (χ3v) is 7.12. The molecule has 0 unspecified atom stereocenters. The summed E-state index contributed by atoms with van der Waals surface area (Å²) in [5, 5.41) is 10.3. The number of ether oxygens (including phenoxy) is 3. The van der Waals surface area contributed by atoms with Crippen molar-refractivity contribution in [3.63, 3.8) is 0 Å². The molecule has 1 aliphatic rings. The van der Waals surface area contributed by atoms with Crippen molar-refractivity contribution in [2.24, 2.45) is 29.4 Å². The van der Waals surface area contributed by atoms with Gasteiger partial charge in [0, 0.05) is 57.7 Å². The highest BCUT2D eigenvalue weighted by molar-refractivity contribution is 5.79. The van der Waals surface area contributed by atoms with E-state index in [2.05, 4.69) is 0 Å². The molecule has 35 heavy (non-hydrogen) atoms. The first-order valence-electron chi connectivity index (χ1n) is 13.1. The fraction of sp³-hybridized carbons (Fsp3) is 0.852. The molecule has 0 radical (unpaired) electrons. The highest BCUT2D eigenvalue weighted by atomic mass is 16.5. The molecule has 3 N–H and O–H groups in total. The van der Waals surface area contributed by atoms with Crippen LogP contribution >= 0.6 is 0 Å². The van der Waals surface area contributed by atoms with E-state index in [1.54, 1.807) is 19.1 Å². The molecule has 1 amide bonds. The van der Waals surface area contributed by atoms with Gasteiger partial charge in [-0.1, -0.05) is 47.6 Å². The van der Waals surface area contributed by atoms with Gasteiger partial charge in [-0.3, -0.25) is 9.59 Å². The van der Waals surface area contributed by atoms with Gasteiger partial charge < -0.3 is 30.0 Å². The summed E-state index contributed by atoms with van der Waals surface area (Å²) in [6.07, 6.45) is 5.52. The molecule has 1 heterocycles. The van der Waals surface area contributed by atoms with Crippen LogP contribution in [-0.2, 0) is 23.8 Å². The predicted octanol–water partition coefficient (Wildman–Crippen LogP) is 3.51. The Balaban J connectivity index is 2.92. The monoisotopic (exact) mass is 498 g/mol. The predicted molar refractivity (Wildman–Crippen MR) is 137 cm³/mol. The Labute approximate surface area is 212 Å². The summed E-state index contributed by atoms with van der Waals surface area (Å²) >= 11 is 0. The molecule has 1 rings (SSSR count). The number of rotatable bonds is 16. The van der Waals surface area contributed by atoms with Gasteiger partial charge in [0.05, 0.1) is 24.2 Å². The summed E-state index contributed by atoms with van der Waals surface area (Å²) in [6.45, 7) is 12.4. The topological polar surface area (TPSA) is 111 Å². The van der Waals surface area contributed by atoms with Crippen molar-refractivity contribution in [1.29, 1.82) is 0 Å². The second-order valence-corrected chi connectivity index (χ2v) is 10.6. The number of aliphatic hydroxyl groups is 1. The zero-order valence-electron chi connectivity index (χ0n) is 23.1. The van der Waals surface area contributed by atoms with Crippen molar-refractivity contribution < 1.29 is 28.9 Å². The maximum atomic E-state index is 12.5. The van der Waals surface area contributed by atoms with Gasteiger partial charge in [0.25, 0.3) is 0 Å². The molecule has 0 saturated carbocycles. The van der Waals surface area contributed by atoms with Gasteiger partial charge in [0.1, 0.15) is 6.10 Å². The first-order valence-corrected chi connectivity index (χ1v) is 13.1. The SMILES string of the molecule is CO[C@@H]([C@@H](C)[C@@H](CC[C@H](N)[C@H](C[C@H](O)C(C)C)OC)OC(=O)C(C)C)[C@H](C)/C=C/N1CCCC1=O. The summed E-state index contributed by atoms with van der Waals surface area (Å²) in [4.78, 5) is 26.2.